The van der Waals surface area contributed by atoms with E-state index in [9.17, 15) is 9.18 Å². The molecule has 0 spiro atoms. The number of aryl methyl sites for hydroxylation is 1. The van der Waals surface area contributed by atoms with Gasteiger partial charge in [-0.3, -0.25) is 9.48 Å². The number of pyridine rings is 1. The minimum Gasteiger partial charge on any atom is -0.328 e. The highest BCUT2D eigenvalue weighted by Gasteiger charge is 2.30. The molecule has 6 nitrogen and oxygen atoms in total. The van der Waals surface area contributed by atoms with E-state index in [1.54, 1.807) is 12.3 Å². The predicted octanol–water partition coefficient (Wildman–Crippen LogP) is 3.51. The summed E-state index contributed by atoms with van der Waals surface area (Å²) in [4.78, 5) is 16.7. The van der Waals surface area contributed by atoms with Crippen LogP contribution in [0.4, 0.5) is 10.2 Å². The number of halogens is 1. The first kappa shape index (κ1) is 19.1. The van der Waals surface area contributed by atoms with Crippen molar-refractivity contribution in [1.82, 2.24) is 14.8 Å². The van der Waals surface area contributed by atoms with E-state index in [2.05, 4.69) is 29.2 Å². The third-order valence-electron chi connectivity index (χ3n) is 6.08. The van der Waals surface area contributed by atoms with Gasteiger partial charge in [0.05, 0.1) is 12.4 Å². The summed E-state index contributed by atoms with van der Waals surface area (Å²) in [7, 11) is 0. The van der Waals surface area contributed by atoms with Gasteiger partial charge in [0.15, 0.2) is 0 Å². The summed E-state index contributed by atoms with van der Waals surface area (Å²) in [5.74, 6) is -0.227. The summed E-state index contributed by atoms with van der Waals surface area (Å²) in [5.41, 5.74) is 8.41. The fourth-order valence-electron chi connectivity index (χ4n) is 4.37. The lowest BCUT2D eigenvalue weighted by Crippen LogP contribution is -2.34. The first-order valence-electron chi connectivity index (χ1n) is 10.1. The summed E-state index contributed by atoms with van der Waals surface area (Å²) < 4.78 is 16.6. The molecule has 1 aliphatic heterocycles. The van der Waals surface area contributed by atoms with Gasteiger partial charge in [0.25, 0.3) is 0 Å². The van der Waals surface area contributed by atoms with Crippen LogP contribution < -0.4 is 11.1 Å². The van der Waals surface area contributed by atoms with Crippen molar-refractivity contribution in [2.75, 3.05) is 5.32 Å². The third kappa shape index (κ3) is 3.81. The molecule has 3 heterocycles. The Hall–Kier alpha value is -2.28. The fraction of sp³-hybridized carbons (Fsp3) is 0.571. The number of amides is 1. The van der Waals surface area contributed by atoms with Crippen molar-refractivity contribution >= 4 is 11.7 Å². The summed E-state index contributed by atoms with van der Waals surface area (Å²) in [5, 5.41) is 7.30. The van der Waals surface area contributed by atoms with Crippen molar-refractivity contribution in [1.29, 1.82) is 0 Å². The van der Waals surface area contributed by atoms with Gasteiger partial charge in [0.2, 0.25) is 5.91 Å². The van der Waals surface area contributed by atoms with Gasteiger partial charge in [-0.1, -0.05) is 20.3 Å². The molecule has 28 heavy (non-hydrogen) atoms. The molecule has 1 amide bonds. The van der Waals surface area contributed by atoms with Crippen molar-refractivity contribution in [3.05, 3.63) is 30.0 Å². The minimum atomic E-state index is -0.406. The molecule has 3 N–H and O–H groups in total. The molecule has 1 aliphatic carbocycles. The van der Waals surface area contributed by atoms with Crippen molar-refractivity contribution < 1.29 is 9.18 Å². The van der Waals surface area contributed by atoms with Crippen LogP contribution in [0.2, 0.25) is 0 Å². The second kappa shape index (κ2) is 7.28. The van der Waals surface area contributed by atoms with Gasteiger partial charge in [-0.15, -0.1) is 0 Å². The Morgan fingerprint density at radius 3 is 2.93 bits per heavy atom. The molecule has 2 atom stereocenters. The quantitative estimate of drug-likeness (QED) is 0.847. The summed E-state index contributed by atoms with van der Waals surface area (Å²) >= 11 is 0. The van der Waals surface area contributed by atoms with Crippen molar-refractivity contribution in [3.8, 4) is 11.1 Å². The number of hydrogen-bond acceptors (Lipinski definition) is 4. The molecule has 1 fully saturated rings. The van der Waals surface area contributed by atoms with Crippen LogP contribution in [0.15, 0.2) is 18.5 Å². The molecule has 0 aromatic carbocycles. The zero-order valence-corrected chi connectivity index (χ0v) is 16.5. The lowest BCUT2D eigenvalue weighted by molar-refractivity contribution is -0.120. The Kier molecular flexibility index (Phi) is 4.95. The normalized spacial score (nSPS) is 23.9. The number of fused-ring (bicyclic) bond motifs is 1. The maximum atomic E-state index is 14.6. The molecule has 0 saturated heterocycles. The van der Waals surface area contributed by atoms with Gasteiger partial charge in [0.1, 0.15) is 11.6 Å². The lowest BCUT2D eigenvalue weighted by atomic mass is 9.81. The molecule has 2 unspecified atom stereocenters. The van der Waals surface area contributed by atoms with E-state index in [-0.39, 0.29) is 23.3 Å². The lowest BCUT2D eigenvalue weighted by Gasteiger charge is -2.30. The molecule has 2 aromatic rings. The standard InChI is InChI=1S/C21H28FN5O/c1-21(2)6-7-27-18(10-21)16(11-25-27)15-9-19(24-12-17(15)22)26-20(28)13-4-3-5-14(23)8-13/h9,11-14H,3-8,10,23H2,1-2H3,(H,24,26,28). The average Bonchev–Trinajstić information content (AvgIpc) is 3.05. The number of hydrogen-bond donors (Lipinski definition) is 2. The average molecular weight is 385 g/mol. The number of nitrogens with zero attached hydrogens (tertiary/aromatic N) is 3. The number of anilines is 1. The maximum Gasteiger partial charge on any atom is 0.228 e. The Labute approximate surface area is 164 Å². The number of nitrogens with two attached hydrogens (primary N) is 1. The summed E-state index contributed by atoms with van der Waals surface area (Å²) in [6.45, 7) is 5.27. The molecule has 4 rings (SSSR count). The molecule has 0 bridgehead atoms. The topological polar surface area (TPSA) is 85.8 Å². The minimum absolute atomic E-state index is 0.0727. The van der Waals surface area contributed by atoms with Crippen molar-refractivity contribution in [3.63, 3.8) is 0 Å². The van der Waals surface area contributed by atoms with Crippen LogP contribution in [0.1, 0.15) is 51.6 Å². The van der Waals surface area contributed by atoms with Gasteiger partial charge in [-0.2, -0.15) is 5.10 Å². The van der Waals surface area contributed by atoms with E-state index < -0.39 is 5.82 Å². The van der Waals surface area contributed by atoms with E-state index in [0.29, 0.717) is 17.8 Å². The highest BCUT2D eigenvalue weighted by Crippen LogP contribution is 2.37. The summed E-state index contributed by atoms with van der Waals surface area (Å²) in [6.07, 6.45) is 8.23. The van der Waals surface area contributed by atoms with E-state index in [0.717, 1.165) is 49.9 Å². The summed E-state index contributed by atoms with van der Waals surface area (Å²) in [6, 6.07) is 1.69. The predicted molar refractivity (Wildman–Crippen MR) is 106 cm³/mol. The number of carbonyl (C=O) groups excluding carboxylic acids is 1. The Balaban J connectivity index is 1.59. The highest BCUT2D eigenvalue weighted by molar-refractivity contribution is 5.92. The number of nitrogens with one attached hydrogen (secondary N) is 1. The van der Waals surface area contributed by atoms with Crippen molar-refractivity contribution in [2.24, 2.45) is 17.1 Å². The maximum absolute atomic E-state index is 14.6. The van der Waals surface area contributed by atoms with Crippen LogP contribution in [-0.2, 0) is 17.8 Å². The van der Waals surface area contributed by atoms with Gasteiger partial charge in [0, 0.05) is 35.3 Å². The number of rotatable bonds is 3. The van der Waals surface area contributed by atoms with Gasteiger partial charge in [-0.25, -0.2) is 9.37 Å². The smallest absolute Gasteiger partial charge is 0.228 e. The van der Waals surface area contributed by atoms with Crippen LogP contribution in [0.3, 0.4) is 0 Å². The SMILES string of the molecule is CC1(C)CCn2ncc(-c3cc(NC(=O)C4CCCC(N)C4)ncc3F)c2C1. The Morgan fingerprint density at radius 1 is 1.32 bits per heavy atom. The second-order valence-corrected chi connectivity index (χ2v) is 8.98. The van der Waals surface area contributed by atoms with Crippen LogP contribution in [0.25, 0.3) is 11.1 Å². The second-order valence-electron chi connectivity index (χ2n) is 8.98. The molecule has 2 aliphatic rings. The molecule has 7 heteroatoms. The van der Waals surface area contributed by atoms with Crippen LogP contribution in [-0.4, -0.2) is 26.7 Å². The molecular weight excluding hydrogens is 357 g/mol. The number of carbonyl (C=O) groups is 1. The molecule has 0 radical (unpaired) electrons. The van der Waals surface area contributed by atoms with E-state index in [4.69, 9.17) is 5.73 Å². The van der Waals surface area contributed by atoms with Gasteiger partial charge < -0.3 is 11.1 Å². The first-order chi connectivity index (χ1) is 13.3. The molecular formula is C21H28FN5O. The van der Waals surface area contributed by atoms with Crippen molar-refractivity contribution in [2.45, 2.75) is 65.0 Å². The molecule has 150 valence electrons. The number of aromatic nitrogens is 3. The third-order valence-corrected chi connectivity index (χ3v) is 6.08. The van der Waals surface area contributed by atoms with Crippen LogP contribution in [0.5, 0.6) is 0 Å². The largest absolute Gasteiger partial charge is 0.328 e. The zero-order chi connectivity index (χ0) is 19.9. The zero-order valence-electron chi connectivity index (χ0n) is 16.5. The highest BCUT2D eigenvalue weighted by atomic mass is 19.1. The fourth-order valence-corrected chi connectivity index (χ4v) is 4.37. The Bertz CT molecular complexity index is 891. The first-order valence-corrected chi connectivity index (χ1v) is 10.1. The Morgan fingerprint density at radius 2 is 2.14 bits per heavy atom. The van der Waals surface area contributed by atoms with E-state index in [1.165, 1.54) is 6.20 Å². The van der Waals surface area contributed by atoms with Crippen LogP contribution >= 0.6 is 0 Å². The van der Waals surface area contributed by atoms with Crippen LogP contribution in [0, 0.1) is 17.2 Å². The van der Waals surface area contributed by atoms with E-state index in [1.807, 2.05) is 4.68 Å². The molecule has 1 saturated carbocycles. The van der Waals surface area contributed by atoms with Gasteiger partial charge in [-0.05, 0) is 43.6 Å². The van der Waals surface area contributed by atoms with E-state index >= 15 is 0 Å². The monoisotopic (exact) mass is 385 g/mol. The molecule has 2 aromatic heterocycles. The van der Waals surface area contributed by atoms with Gasteiger partial charge >= 0.3 is 0 Å².